The summed E-state index contributed by atoms with van der Waals surface area (Å²) >= 11 is 5.80. The number of benzene rings is 1. The van der Waals surface area contributed by atoms with Crippen molar-refractivity contribution in [3.8, 4) is 0 Å². The number of nitrogens with one attached hydrogen (secondary N) is 2. The normalized spacial score (nSPS) is 16.5. The molecule has 0 radical (unpaired) electrons. The van der Waals surface area contributed by atoms with Gasteiger partial charge in [0.15, 0.2) is 0 Å². The van der Waals surface area contributed by atoms with E-state index in [0.717, 1.165) is 18.4 Å². The van der Waals surface area contributed by atoms with Gasteiger partial charge in [0.1, 0.15) is 0 Å². The molecule has 2 rings (SSSR count). The molecule has 2 amide bonds. The summed E-state index contributed by atoms with van der Waals surface area (Å²) in [5, 5.41) is 6.43. The van der Waals surface area contributed by atoms with Crippen molar-refractivity contribution in [1.82, 2.24) is 10.6 Å². The molecule has 1 aliphatic rings. The Labute approximate surface area is 119 Å². The van der Waals surface area contributed by atoms with Crippen LogP contribution in [0, 0.1) is 0 Å². The lowest BCUT2D eigenvalue weighted by Crippen LogP contribution is -2.40. The van der Waals surface area contributed by atoms with E-state index >= 15 is 0 Å². The molecule has 1 saturated carbocycles. The first-order valence-corrected chi connectivity index (χ1v) is 7.11. The summed E-state index contributed by atoms with van der Waals surface area (Å²) in [6.07, 6.45) is 9.40. The number of amides is 2. The summed E-state index contributed by atoms with van der Waals surface area (Å²) in [4.78, 5) is 11.7. The Morgan fingerprint density at radius 3 is 2.53 bits per heavy atom. The zero-order chi connectivity index (χ0) is 13.5. The van der Waals surface area contributed by atoms with Gasteiger partial charge in [-0.15, -0.1) is 0 Å². The largest absolute Gasteiger partial charge is 0.335 e. The van der Waals surface area contributed by atoms with E-state index in [1.807, 2.05) is 30.3 Å². The Bertz CT molecular complexity index is 436. The maximum Gasteiger partial charge on any atom is 0.318 e. The minimum Gasteiger partial charge on any atom is -0.335 e. The van der Waals surface area contributed by atoms with Crippen LogP contribution in [-0.2, 0) is 0 Å². The summed E-state index contributed by atoms with van der Waals surface area (Å²) in [7, 11) is 0. The third-order valence-corrected chi connectivity index (χ3v) is 3.55. The second-order valence-electron chi connectivity index (χ2n) is 4.84. The molecule has 0 atom stereocenters. The van der Waals surface area contributed by atoms with Crippen LogP contribution in [0.3, 0.4) is 0 Å². The standard InChI is InChI=1S/C15H19ClN2O/c16-13-8-6-12(7-9-13)10-11-17-15(19)18-14-4-2-1-3-5-14/h6-11,14H,1-5H2,(H2,17,18,19)/b11-10+. The second kappa shape index (κ2) is 7.19. The van der Waals surface area contributed by atoms with E-state index in [0.29, 0.717) is 11.1 Å². The fraction of sp³-hybridized carbons (Fsp3) is 0.400. The van der Waals surface area contributed by atoms with Crippen molar-refractivity contribution in [2.24, 2.45) is 0 Å². The lowest BCUT2D eigenvalue weighted by molar-refractivity contribution is 0.236. The van der Waals surface area contributed by atoms with Gasteiger partial charge >= 0.3 is 6.03 Å². The maximum absolute atomic E-state index is 11.7. The molecule has 3 nitrogen and oxygen atoms in total. The third-order valence-electron chi connectivity index (χ3n) is 3.30. The third kappa shape index (κ3) is 4.95. The molecule has 0 heterocycles. The first kappa shape index (κ1) is 13.9. The minimum absolute atomic E-state index is 0.128. The van der Waals surface area contributed by atoms with E-state index in [2.05, 4.69) is 10.6 Å². The molecule has 1 fully saturated rings. The monoisotopic (exact) mass is 278 g/mol. The van der Waals surface area contributed by atoms with Gasteiger partial charge in [-0.3, -0.25) is 0 Å². The summed E-state index contributed by atoms with van der Waals surface area (Å²) < 4.78 is 0. The predicted octanol–water partition coefficient (Wildman–Crippen LogP) is 3.94. The van der Waals surface area contributed by atoms with Gasteiger partial charge in [0.05, 0.1) is 0 Å². The highest BCUT2D eigenvalue weighted by Crippen LogP contribution is 2.17. The van der Waals surface area contributed by atoms with Gasteiger partial charge < -0.3 is 10.6 Å². The highest BCUT2D eigenvalue weighted by atomic mass is 35.5. The molecule has 0 aliphatic heterocycles. The first-order chi connectivity index (χ1) is 9.24. The molecule has 4 heteroatoms. The minimum atomic E-state index is -0.128. The van der Waals surface area contributed by atoms with E-state index in [9.17, 15) is 4.79 Å². The van der Waals surface area contributed by atoms with Gasteiger partial charge in [-0.05, 0) is 36.6 Å². The molecule has 1 aromatic rings. The lowest BCUT2D eigenvalue weighted by atomic mass is 9.96. The Morgan fingerprint density at radius 2 is 1.84 bits per heavy atom. The average Bonchev–Trinajstić information content (AvgIpc) is 2.42. The molecular formula is C15H19ClN2O. The van der Waals surface area contributed by atoms with E-state index < -0.39 is 0 Å². The maximum atomic E-state index is 11.7. The van der Waals surface area contributed by atoms with E-state index in [1.54, 1.807) is 6.20 Å². The van der Waals surface area contributed by atoms with Crippen LogP contribution in [0.15, 0.2) is 30.5 Å². The Hall–Kier alpha value is -1.48. The molecule has 0 unspecified atom stereocenters. The number of carbonyl (C=O) groups is 1. The second-order valence-corrected chi connectivity index (χ2v) is 5.27. The van der Waals surface area contributed by atoms with Crippen molar-refractivity contribution in [1.29, 1.82) is 0 Å². The van der Waals surface area contributed by atoms with Crippen molar-refractivity contribution >= 4 is 23.7 Å². The summed E-state index contributed by atoms with van der Waals surface area (Å²) in [5.74, 6) is 0. The Balaban J connectivity index is 1.74. The van der Waals surface area contributed by atoms with E-state index in [4.69, 9.17) is 11.6 Å². The Morgan fingerprint density at radius 1 is 1.16 bits per heavy atom. The number of hydrogen-bond donors (Lipinski definition) is 2. The van der Waals surface area contributed by atoms with Crippen molar-refractivity contribution in [3.05, 3.63) is 41.1 Å². The van der Waals surface area contributed by atoms with Gasteiger partial charge in [0.2, 0.25) is 0 Å². The lowest BCUT2D eigenvalue weighted by Gasteiger charge is -2.22. The van der Waals surface area contributed by atoms with Crippen LogP contribution in [0.25, 0.3) is 6.08 Å². The zero-order valence-corrected chi connectivity index (χ0v) is 11.6. The van der Waals surface area contributed by atoms with Crippen LogP contribution in [-0.4, -0.2) is 12.1 Å². The molecule has 2 N–H and O–H groups in total. The molecule has 0 spiro atoms. The smallest absolute Gasteiger partial charge is 0.318 e. The number of halogens is 1. The van der Waals surface area contributed by atoms with E-state index in [1.165, 1.54) is 19.3 Å². The quantitative estimate of drug-likeness (QED) is 0.864. The molecule has 19 heavy (non-hydrogen) atoms. The fourth-order valence-corrected chi connectivity index (χ4v) is 2.39. The van der Waals surface area contributed by atoms with Crippen LogP contribution in [0.1, 0.15) is 37.7 Å². The van der Waals surface area contributed by atoms with Crippen LogP contribution < -0.4 is 10.6 Å². The molecule has 0 bridgehead atoms. The van der Waals surface area contributed by atoms with Crippen LogP contribution in [0.2, 0.25) is 5.02 Å². The molecular weight excluding hydrogens is 260 g/mol. The summed E-state index contributed by atoms with van der Waals surface area (Å²) in [5.41, 5.74) is 1.00. The molecule has 0 aromatic heterocycles. The zero-order valence-electron chi connectivity index (χ0n) is 10.9. The van der Waals surface area contributed by atoms with Crippen molar-refractivity contribution in [2.45, 2.75) is 38.1 Å². The average molecular weight is 279 g/mol. The molecule has 1 aliphatic carbocycles. The van der Waals surface area contributed by atoms with Crippen molar-refractivity contribution < 1.29 is 4.79 Å². The van der Waals surface area contributed by atoms with E-state index in [-0.39, 0.29) is 6.03 Å². The Kier molecular flexibility index (Phi) is 5.28. The first-order valence-electron chi connectivity index (χ1n) is 6.73. The van der Waals surface area contributed by atoms with Crippen LogP contribution in [0.5, 0.6) is 0 Å². The molecule has 1 aromatic carbocycles. The van der Waals surface area contributed by atoms with Crippen LogP contribution >= 0.6 is 11.6 Å². The van der Waals surface area contributed by atoms with Gasteiger partial charge in [0.25, 0.3) is 0 Å². The van der Waals surface area contributed by atoms with Gasteiger partial charge in [-0.25, -0.2) is 4.79 Å². The SMILES string of the molecule is O=C(N/C=C/c1ccc(Cl)cc1)NC1CCCCC1. The van der Waals surface area contributed by atoms with Crippen LogP contribution in [0.4, 0.5) is 4.79 Å². The fourth-order valence-electron chi connectivity index (χ4n) is 2.26. The molecule has 102 valence electrons. The number of urea groups is 1. The highest BCUT2D eigenvalue weighted by Gasteiger charge is 2.14. The van der Waals surface area contributed by atoms with Crippen molar-refractivity contribution in [2.75, 3.05) is 0 Å². The van der Waals surface area contributed by atoms with Gasteiger partial charge in [0, 0.05) is 17.3 Å². The number of rotatable bonds is 3. The highest BCUT2D eigenvalue weighted by molar-refractivity contribution is 6.30. The van der Waals surface area contributed by atoms with Crippen molar-refractivity contribution in [3.63, 3.8) is 0 Å². The molecule has 0 saturated heterocycles. The van der Waals surface area contributed by atoms with Gasteiger partial charge in [-0.2, -0.15) is 0 Å². The topological polar surface area (TPSA) is 41.1 Å². The summed E-state index contributed by atoms with van der Waals surface area (Å²) in [6.45, 7) is 0. The predicted molar refractivity (Wildman–Crippen MR) is 79.0 cm³/mol. The van der Waals surface area contributed by atoms with Gasteiger partial charge in [-0.1, -0.05) is 43.0 Å². The number of hydrogen-bond acceptors (Lipinski definition) is 1. The number of carbonyl (C=O) groups excluding carboxylic acids is 1. The summed E-state index contributed by atoms with van der Waals surface area (Å²) in [6, 6.07) is 7.65.